The Labute approximate surface area is 140 Å². The van der Waals surface area contributed by atoms with E-state index in [0.29, 0.717) is 19.6 Å². The third-order valence-corrected chi connectivity index (χ3v) is 5.79. The highest BCUT2D eigenvalue weighted by atomic mass is 32.2. The van der Waals surface area contributed by atoms with Gasteiger partial charge in [0.2, 0.25) is 10.0 Å². The smallest absolute Gasteiger partial charge is 0.271 e. The average molecular weight is 346 g/mol. The van der Waals surface area contributed by atoms with E-state index in [4.69, 9.17) is 0 Å². The summed E-state index contributed by atoms with van der Waals surface area (Å²) in [6, 6.07) is 6.58. The maximum Gasteiger partial charge on any atom is 0.271 e. The van der Waals surface area contributed by atoms with Crippen molar-refractivity contribution in [2.24, 2.45) is 0 Å². The van der Waals surface area contributed by atoms with Gasteiger partial charge in [-0.3, -0.25) is 9.78 Å². The summed E-state index contributed by atoms with van der Waals surface area (Å²) in [4.78, 5) is 20.0. The average Bonchev–Trinajstić information content (AvgIpc) is 3.16. The first-order chi connectivity index (χ1) is 11.6. The van der Waals surface area contributed by atoms with Gasteiger partial charge in [-0.1, -0.05) is 12.1 Å². The summed E-state index contributed by atoms with van der Waals surface area (Å²) < 4.78 is 26.4. The number of hydrogen-bond acceptors (Lipinski definition) is 5. The normalized spacial score (nSPS) is 15.3. The minimum atomic E-state index is -3.40. The van der Waals surface area contributed by atoms with Crippen LogP contribution < -0.4 is 5.32 Å². The van der Waals surface area contributed by atoms with Gasteiger partial charge < -0.3 is 5.32 Å². The van der Waals surface area contributed by atoms with E-state index in [1.54, 1.807) is 24.3 Å². The van der Waals surface area contributed by atoms with E-state index < -0.39 is 10.0 Å². The van der Waals surface area contributed by atoms with Gasteiger partial charge in [-0.05, 0) is 30.5 Å². The minimum Gasteiger partial charge on any atom is -0.347 e. The fourth-order valence-corrected chi connectivity index (χ4v) is 4.06. The van der Waals surface area contributed by atoms with Crippen molar-refractivity contribution in [1.29, 1.82) is 0 Å². The number of carbonyl (C=O) groups is 1. The summed E-state index contributed by atoms with van der Waals surface area (Å²) in [6.07, 6.45) is 6.15. The van der Waals surface area contributed by atoms with Crippen LogP contribution in [0.1, 0.15) is 28.9 Å². The van der Waals surface area contributed by atoms with Crippen molar-refractivity contribution < 1.29 is 13.2 Å². The first-order valence-corrected chi connectivity index (χ1v) is 9.15. The molecular weight excluding hydrogens is 328 g/mol. The van der Waals surface area contributed by atoms with E-state index in [1.807, 2.05) is 0 Å². The van der Waals surface area contributed by atoms with E-state index >= 15 is 0 Å². The Balaban J connectivity index is 1.63. The Hall–Kier alpha value is -2.32. The molecule has 2 heterocycles. The standard InChI is InChI=1S/C16H18N4O3S/c21-16(15-12-17-7-8-18-15)19-11-13-3-5-14(6-4-13)24(22,23)20-9-1-2-10-20/h3-8,12H,1-2,9-11H2,(H,19,21). The molecular formula is C16H18N4O3S. The second-order valence-corrected chi connectivity index (χ2v) is 7.47. The molecule has 1 aliphatic rings. The number of amides is 1. The van der Waals surface area contributed by atoms with Crippen LogP contribution in [0.5, 0.6) is 0 Å². The van der Waals surface area contributed by atoms with Crippen LogP contribution in [0.25, 0.3) is 0 Å². The van der Waals surface area contributed by atoms with Crippen LogP contribution in [0.4, 0.5) is 0 Å². The Kier molecular flexibility index (Phi) is 4.86. The fourth-order valence-electron chi connectivity index (χ4n) is 2.55. The van der Waals surface area contributed by atoms with Crippen molar-refractivity contribution in [3.05, 3.63) is 54.1 Å². The summed E-state index contributed by atoms with van der Waals surface area (Å²) >= 11 is 0. The minimum absolute atomic E-state index is 0.241. The zero-order valence-electron chi connectivity index (χ0n) is 13.1. The maximum atomic E-state index is 12.4. The molecule has 8 heteroatoms. The quantitative estimate of drug-likeness (QED) is 0.878. The van der Waals surface area contributed by atoms with E-state index in [1.165, 1.54) is 22.9 Å². The lowest BCUT2D eigenvalue weighted by Gasteiger charge is -2.15. The number of nitrogens with zero attached hydrogens (tertiary/aromatic N) is 3. The van der Waals surface area contributed by atoms with Gasteiger partial charge in [-0.2, -0.15) is 4.31 Å². The van der Waals surface area contributed by atoms with Crippen LogP contribution in [-0.2, 0) is 16.6 Å². The second kappa shape index (κ2) is 7.06. The molecule has 1 amide bonds. The van der Waals surface area contributed by atoms with Gasteiger partial charge in [-0.25, -0.2) is 13.4 Å². The van der Waals surface area contributed by atoms with Gasteiger partial charge in [0.25, 0.3) is 5.91 Å². The van der Waals surface area contributed by atoms with Crippen LogP contribution >= 0.6 is 0 Å². The molecule has 0 bridgehead atoms. The molecule has 3 rings (SSSR count). The monoisotopic (exact) mass is 346 g/mol. The van der Waals surface area contributed by atoms with Crippen molar-refractivity contribution in [3.8, 4) is 0 Å². The largest absolute Gasteiger partial charge is 0.347 e. The molecule has 1 aliphatic heterocycles. The van der Waals surface area contributed by atoms with Crippen LogP contribution in [0, 0.1) is 0 Å². The predicted octanol–water partition coefficient (Wildman–Crippen LogP) is 1.19. The van der Waals surface area contributed by atoms with Crippen molar-refractivity contribution in [1.82, 2.24) is 19.6 Å². The topological polar surface area (TPSA) is 92.3 Å². The highest BCUT2D eigenvalue weighted by Gasteiger charge is 2.26. The maximum absolute atomic E-state index is 12.4. The number of aromatic nitrogens is 2. The highest BCUT2D eigenvalue weighted by molar-refractivity contribution is 7.89. The molecule has 0 unspecified atom stereocenters. The van der Waals surface area contributed by atoms with Gasteiger partial charge in [0.05, 0.1) is 11.1 Å². The zero-order valence-corrected chi connectivity index (χ0v) is 13.9. The van der Waals surface area contributed by atoms with E-state index in [-0.39, 0.29) is 16.5 Å². The molecule has 126 valence electrons. The number of nitrogens with one attached hydrogen (secondary N) is 1. The molecule has 0 atom stereocenters. The van der Waals surface area contributed by atoms with Gasteiger partial charge in [0.15, 0.2) is 0 Å². The van der Waals surface area contributed by atoms with Gasteiger partial charge in [0, 0.05) is 32.0 Å². The van der Waals surface area contributed by atoms with Crippen molar-refractivity contribution in [3.63, 3.8) is 0 Å². The van der Waals surface area contributed by atoms with Crippen molar-refractivity contribution in [2.45, 2.75) is 24.3 Å². The molecule has 7 nitrogen and oxygen atoms in total. The Morgan fingerprint density at radius 3 is 2.46 bits per heavy atom. The molecule has 0 spiro atoms. The van der Waals surface area contributed by atoms with Gasteiger partial charge in [-0.15, -0.1) is 0 Å². The SMILES string of the molecule is O=C(NCc1ccc(S(=O)(=O)N2CCCC2)cc1)c1cnccn1. The lowest BCUT2D eigenvalue weighted by atomic mass is 10.2. The van der Waals surface area contributed by atoms with Gasteiger partial charge >= 0.3 is 0 Å². The first-order valence-electron chi connectivity index (χ1n) is 7.71. The van der Waals surface area contributed by atoms with Gasteiger partial charge in [0.1, 0.15) is 5.69 Å². The number of rotatable bonds is 5. The van der Waals surface area contributed by atoms with Crippen LogP contribution in [0.15, 0.2) is 47.8 Å². The summed E-state index contributed by atoms with van der Waals surface area (Å²) in [6.45, 7) is 1.45. The molecule has 1 saturated heterocycles. The summed E-state index contributed by atoms with van der Waals surface area (Å²) in [5, 5.41) is 2.73. The molecule has 0 aliphatic carbocycles. The third kappa shape index (κ3) is 3.60. The molecule has 24 heavy (non-hydrogen) atoms. The summed E-state index contributed by atoms with van der Waals surface area (Å²) in [5.41, 5.74) is 1.05. The fraction of sp³-hybridized carbons (Fsp3) is 0.312. The molecule has 2 aromatic rings. The number of sulfonamides is 1. The van der Waals surface area contributed by atoms with Crippen LogP contribution in [0.2, 0.25) is 0 Å². The summed E-state index contributed by atoms with van der Waals surface area (Å²) in [5.74, 6) is -0.322. The second-order valence-electron chi connectivity index (χ2n) is 5.53. The number of carbonyl (C=O) groups excluding carboxylic acids is 1. The number of benzene rings is 1. The first kappa shape index (κ1) is 16.5. The van der Waals surface area contributed by atoms with Crippen molar-refractivity contribution in [2.75, 3.05) is 13.1 Å². The van der Waals surface area contributed by atoms with Crippen LogP contribution in [-0.4, -0.2) is 41.7 Å². The molecule has 1 N–H and O–H groups in total. The predicted molar refractivity (Wildman–Crippen MR) is 87.6 cm³/mol. The third-order valence-electron chi connectivity index (χ3n) is 3.88. The lowest BCUT2D eigenvalue weighted by molar-refractivity contribution is 0.0945. The van der Waals surface area contributed by atoms with Crippen LogP contribution in [0.3, 0.4) is 0 Å². The van der Waals surface area contributed by atoms with Crippen molar-refractivity contribution >= 4 is 15.9 Å². The Morgan fingerprint density at radius 1 is 1.12 bits per heavy atom. The Morgan fingerprint density at radius 2 is 1.83 bits per heavy atom. The molecule has 1 fully saturated rings. The summed E-state index contributed by atoms with van der Waals surface area (Å²) in [7, 11) is -3.40. The van der Waals surface area contributed by atoms with E-state index in [2.05, 4.69) is 15.3 Å². The number of hydrogen-bond donors (Lipinski definition) is 1. The molecule has 0 radical (unpaired) electrons. The lowest BCUT2D eigenvalue weighted by Crippen LogP contribution is -2.28. The zero-order chi connectivity index (χ0) is 17.0. The van der Waals surface area contributed by atoms with E-state index in [9.17, 15) is 13.2 Å². The molecule has 1 aromatic carbocycles. The highest BCUT2D eigenvalue weighted by Crippen LogP contribution is 2.21. The van der Waals surface area contributed by atoms with E-state index in [0.717, 1.165) is 18.4 Å². The molecule has 1 aromatic heterocycles. The molecule has 0 saturated carbocycles. The Bertz CT molecular complexity index is 801.